The van der Waals surface area contributed by atoms with E-state index in [1.807, 2.05) is 0 Å². The average Bonchev–Trinajstić information content (AvgIpc) is 2.27. The van der Waals surface area contributed by atoms with E-state index >= 15 is 0 Å². The molecular formula is C12H20N2O4. The Morgan fingerprint density at radius 3 is 2.33 bits per heavy atom. The summed E-state index contributed by atoms with van der Waals surface area (Å²) < 4.78 is 0. The Bertz CT molecular complexity index is 333. The van der Waals surface area contributed by atoms with Crippen LogP contribution in [0.5, 0.6) is 0 Å². The van der Waals surface area contributed by atoms with Gasteiger partial charge in [0.05, 0.1) is 11.5 Å². The second-order valence-corrected chi connectivity index (χ2v) is 5.32. The van der Waals surface area contributed by atoms with Crippen molar-refractivity contribution in [2.45, 2.75) is 38.2 Å². The average molecular weight is 256 g/mol. The molecule has 2 rings (SSSR count). The molecule has 102 valence electrons. The standard InChI is InChI=1S/C12H20N2O4/c15-9-2-6-14(7-3-9)11(18)13-8-12(10(16)17)4-1-5-12/h9,15H,1-8H2,(H,13,18)(H,16,17). The Balaban J connectivity index is 1.79. The fraction of sp³-hybridized carbons (Fsp3) is 0.833. The lowest BCUT2D eigenvalue weighted by Gasteiger charge is -2.38. The molecule has 6 heteroatoms. The number of rotatable bonds is 3. The number of carbonyl (C=O) groups is 2. The molecule has 0 aromatic heterocycles. The lowest BCUT2D eigenvalue weighted by molar-refractivity contribution is -0.153. The third-order valence-electron chi connectivity index (χ3n) is 4.09. The fourth-order valence-electron chi connectivity index (χ4n) is 2.50. The molecule has 1 heterocycles. The Hall–Kier alpha value is -1.30. The van der Waals surface area contributed by atoms with Crippen LogP contribution in [-0.2, 0) is 4.79 Å². The molecule has 3 N–H and O–H groups in total. The number of aliphatic hydroxyl groups is 1. The van der Waals surface area contributed by atoms with E-state index in [4.69, 9.17) is 5.11 Å². The number of urea groups is 1. The zero-order valence-corrected chi connectivity index (χ0v) is 10.4. The highest BCUT2D eigenvalue weighted by Crippen LogP contribution is 2.40. The Morgan fingerprint density at radius 1 is 1.28 bits per heavy atom. The van der Waals surface area contributed by atoms with Gasteiger partial charge in [-0.15, -0.1) is 0 Å². The first kappa shape index (κ1) is 13.1. The maximum Gasteiger partial charge on any atom is 0.317 e. The van der Waals surface area contributed by atoms with Crippen LogP contribution in [0.15, 0.2) is 0 Å². The molecule has 0 aromatic rings. The second kappa shape index (κ2) is 5.14. The Kier molecular flexibility index (Phi) is 3.75. The van der Waals surface area contributed by atoms with Gasteiger partial charge >= 0.3 is 12.0 Å². The van der Waals surface area contributed by atoms with Crippen molar-refractivity contribution in [1.29, 1.82) is 0 Å². The monoisotopic (exact) mass is 256 g/mol. The number of amides is 2. The predicted molar refractivity (Wildman–Crippen MR) is 64.1 cm³/mol. The first-order valence-corrected chi connectivity index (χ1v) is 6.48. The van der Waals surface area contributed by atoms with Gasteiger partial charge in [-0.3, -0.25) is 4.79 Å². The van der Waals surface area contributed by atoms with Gasteiger partial charge in [-0.25, -0.2) is 4.79 Å². The number of carboxylic acids is 1. The van der Waals surface area contributed by atoms with Crippen LogP contribution in [0.3, 0.4) is 0 Å². The van der Waals surface area contributed by atoms with Crippen LogP contribution in [0, 0.1) is 5.41 Å². The van der Waals surface area contributed by atoms with Gasteiger partial charge < -0.3 is 20.4 Å². The largest absolute Gasteiger partial charge is 0.481 e. The molecule has 0 bridgehead atoms. The minimum atomic E-state index is -0.817. The van der Waals surface area contributed by atoms with Crippen molar-refractivity contribution >= 4 is 12.0 Å². The summed E-state index contributed by atoms with van der Waals surface area (Å²) in [6.45, 7) is 1.28. The third-order valence-corrected chi connectivity index (χ3v) is 4.09. The van der Waals surface area contributed by atoms with E-state index in [1.165, 1.54) is 0 Å². The molecule has 0 atom stereocenters. The van der Waals surface area contributed by atoms with Gasteiger partial charge in [-0.1, -0.05) is 6.42 Å². The summed E-state index contributed by atoms with van der Waals surface area (Å²) in [7, 11) is 0. The summed E-state index contributed by atoms with van der Waals surface area (Å²) >= 11 is 0. The molecule has 1 saturated heterocycles. The summed E-state index contributed by atoms with van der Waals surface area (Å²) in [5.41, 5.74) is -0.745. The number of nitrogens with one attached hydrogen (secondary N) is 1. The van der Waals surface area contributed by atoms with E-state index in [0.29, 0.717) is 38.8 Å². The number of likely N-dealkylation sites (tertiary alicyclic amines) is 1. The van der Waals surface area contributed by atoms with Crippen LogP contribution in [0.1, 0.15) is 32.1 Å². The van der Waals surface area contributed by atoms with Gasteiger partial charge in [0.25, 0.3) is 0 Å². The molecule has 2 aliphatic rings. The lowest BCUT2D eigenvalue weighted by atomic mass is 9.69. The number of hydrogen-bond acceptors (Lipinski definition) is 3. The molecule has 1 saturated carbocycles. The lowest BCUT2D eigenvalue weighted by Crippen LogP contribution is -2.52. The van der Waals surface area contributed by atoms with Gasteiger partial charge in [-0.05, 0) is 25.7 Å². The number of aliphatic carboxylic acids is 1. The highest BCUT2D eigenvalue weighted by atomic mass is 16.4. The van der Waals surface area contributed by atoms with E-state index in [2.05, 4.69) is 5.32 Å². The first-order valence-electron chi connectivity index (χ1n) is 6.48. The molecule has 18 heavy (non-hydrogen) atoms. The summed E-state index contributed by atoms with van der Waals surface area (Å²) in [5, 5.41) is 21.2. The van der Waals surface area contributed by atoms with Gasteiger partial charge in [0, 0.05) is 19.6 Å². The number of hydrogen-bond donors (Lipinski definition) is 3. The van der Waals surface area contributed by atoms with Crippen molar-refractivity contribution in [3.63, 3.8) is 0 Å². The van der Waals surface area contributed by atoms with Crippen LogP contribution in [-0.4, -0.2) is 52.9 Å². The maximum atomic E-state index is 11.9. The molecule has 1 aliphatic carbocycles. The molecule has 0 radical (unpaired) electrons. The Labute approximate surface area is 106 Å². The second-order valence-electron chi connectivity index (χ2n) is 5.32. The maximum absolute atomic E-state index is 11.9. The minimum Gasteiger partial charge on any atom is -0.481 e. The van der Waals surface area contributed by atoms with Crippen molar-refractivity contribution in [3.05, 3.63) is 0 Å². The van der Waals surface area contributed by atoms with Gasteiger partial charge in [0.15, 0.2) is 0 Å². The van der Waals surface area contributed by atoms with Crippen molar-refractivity contribution in [3.8, 4) is 0 Å². The topological polar surface area (TPSA) is 89.9 Å². The number of carbonyl (C=O) groups excluding carboxylic acids is 1. The summed E-state index contributed by atoms with van der Waals surface area (Å²) in [6, 6.07) is -0.213. The zero-order chi connectivity index (χ0) is 13.2. The van der Waals surface area contributed by atoms with Crippen molar-refractivity contribution in [2.24, 2.45) is 5.41 Å². The van der Waals surface area contributed by atoms with Gasteiger partial charge in [0.2, 0.25) is 0 Å². The van der Waals surface area contributed by atoms with Crippen LogP contribution in [0.2, 0.25) is 0 Å². The molecule has 0 aromatic carbocycles. The van der Waals surface area contributed by atoms with E-state index in [0.717, 1.165) is 6.42 Å². The number of carboxylic acid groups (broad SMARTS) is 1. The SMILES string of the molecule is O=C(NCC1(C(=O)O)CCC1)N1CCC(O)CC1. The fourth-order valence-corrected chi connectivity index (χ4v) is 2.50. The van der Waals surface area contributed by atoms with Crippen molar-refractivity contribution in [2.75, 3.05) is 19.6 Å². The zero-order valence-electron chi connectivity index (χ0n) is 10.4. The summed E-state index contributed by atoms with van der Waals surface area (Å²) in [6.07, 6.45) is 3.07. The van der Waals surface area contributed by atoms with Crippen molar-refractivity contribution < 1.29 is 19.8 Å². The molecular weight excluding hydrogens is 236 g/mol. The van der Waals surface area contributed by atoms with Crippen LogP contribution >= 0.6 is 0 Å². The smallest absolute Gasteiger partial charge is 0.317 e. The number of nitrogens with zero attached hydrogens (tertiary/aromatic N) is 1. The molecule has 0 spiro atoms. The Morgan fingerprint density at radius 2 is 1.89 bits per heavy atom. The summed E-state index contributed by atoms with van der Waals surface area (Å²) in [5.74, 6) is -0.817. The van der Waals surface area contributed by atoms with Crippen LogP contribution in [0.25, 0.3) is 0 Å². The summed E-state index contributed by atoms with van der Waals surface area (Å²) in [4.78, 5) is 24.6. The normalized spacial score (nSPS) is 23.3. The quantitative estimate of drug-likeness (QED) is 0.682. The highest BCUT2D eigenvalue weighted by Gasteiger charge is 2.44. The van der Waals surface area contributed by atoms with Gasteiger partial charge in [-0.2, -0.15) is 0 Å². The van der Waals surface area contributed by atoms with Crippen LogP contribution < -0.4 is 5.32 Å². The molecule has 0 unspecified atom stereocenters. The highest BCUT2D eigenvalue weighted by molar-refractivity contribution is 5.79. The van der Waals surface area contributed by atoms with E-state index in [9.17, 15) is 14.7 Å². The van der Waals surface area contributed by atoms with Gasteiger partial charge in [0.1, 0.15) is 0 Å². The molecule has 6 nitrogen and oxygen atoms in total. The molecule has 2 fully saturated rings. The van der Waals surface area contributed by atoms with E-state index in [-0.39, 0.29) is 18.7 Å². The predicted octanol–water partition coefficient (Wildman–Crippen LogP) is 0.408. The number of aliphatic hydroxyl groups excluding tert-OH is 1. The number of piperidine rings is 1. The van der Waals surface area contributed by atoms with E-state index < -0.39 is 11.4 Å². The van der Waals surface area contributed by atoms with E-state index in [1.54, 1.807) is 4.90 Å². The van der Waals surface area contributed by atoms with Crippen LogP contribution in [0.4, 0.5) is 4.79 Å². The first-order chi connectivity index (χ1) is 8.53. The third kappa shape index (κ3) is 2.58. The minimum absolute atomic E-state index is 0.209. The molecule has 2 amide bonds. The molecule has 1 aliphatic heterocycles. The van der Waals surface area contributed by atoms with Crippen molar-refractivity contribution in [1.82, 2.24) is 10.2 Å².